The maximum Gasteiger partial charge on any atom is 0.146 e. The van der Waals surface area contributed by atoms with Gasteiger partial charge < -0.3 is 0 Å². The van der Waals surface area contributed by atoms with Crippen molar-refractivity contribution in [1.29, 1.82) is 0 Å². The van der Waals surface area contributed by atoms with E-state index >= 15 is 0 Å². The summed E-state index contributed by atoms with van der Waals surface area (Å²) in [7, 11) is 2.02. The Kier molecular flexibility index (Phi) is 5.04. The maximum absolute atomic E-state index is 13.9. The van der Waals surface area contributed by atoms with Crippen LogP contribution in [-0.2, 0) is 17.6 Å². The first-order valence-electron chi connectivity index (χ1n) is 9.57. The van der Waals surface area contributed by atoms with E-state index in [0.717, 1.165) is 48.5 Å². The van der Waals surface area contributed by atoms with Crippen molar-refractivity contribution in [3.63, 3.8) is 0 Å². The SMILES string of the molecule is CC(=O)[C@H]1CC(C2c3ccc(Cl)cc3CCc3cc(F)cnc32)CCN1C. The van der Waals surface area contributed by atoms with Crippen molar-refractivity contribution in [2.75, 3.05) is 13.6 Å². The van der Waals surface area contributed by atoms with Gasteiger partial charge in [-0.25, -0.2) is 4.39 Å². The summed E-state index contributed by atoms with van der Waals surface area (Å²) in [4.78, 5) is 18.9. The quantitative estimate of drug-likeness (QED) is 0.766. The molecule has 4 rings (SSSR count). The number of halogens is 2. The van der Waals surface area contributed by atoms with Crippen LogP contribution in [0.5, 0.6) is 0 Å². The Hall–Kier alpha value is -1.78. The Labute approximate surface area is 164 Å². The molecule has 3 nitrogen and oxygen atoms in total. The van der Waals surface area contributed by atoms with Gasteiger partial charge in [0, 0.05) is 10.9 Å². The lowest BCUT2D eigenvalue weighted by Crippen LogP contribution is -2.45. The molecule has 2 aliphatic rings. The number of carbonyl (C=O) groups is 1. The van der Waals surface area contributed by atoms with E-state index in [4.69, 9.17) is 11.6 Å². The molecule has 3 atom stereocenters. The lowest BCUT2D eigenvalue weighted by Gasteiger charge is -2.39. The number of likely N-dealkylation sites (tertiary alicyclic amines) is 1. The van der Waals surface area contributed by atoms with E-state index in [1.165, 1.54) is 17.3 Å². The number of hydrogen-bond acceptors (Lipinski definition) is 3. The number of Topliss-reactive ketones (excluding diaryl/α,β-unsaturated/α-hetero) is 1. The highest BCUT2D eigenvalue weighted by atomic mass is 35.5. The number of carbonyl (C=O) groups excluding carboxylic acids is 1. The second-order valence-corrected chi connectivity index (χ2v) is 8.35. The number of aromatic nitrogens is 1. The van der Waals surface area contributed by atoms with E-state index < -0.39 is 0 Å². The third-order valence-corrected chi connectivity index (χ3v) is 6.45. The zero-order valence-electron chi connectivity index (χ0n) is 15.7. The fraction of sp³-hybridized carbons (Fsp3) is 0.455. The minimum Gasteiger partial charge on any atom is -0.298 e. The Bertz CT molecular complexity index is 831. The number of aryl methyl sites for hydroxylation is 2. The first kappa shape index (κ1) is 18.6. The third kappa shape index (κ3) is 3.53. The minimum atomic E-state index is -0.290. The molecule has 0 spiro atoms. The molecule has 1 fully saturated rings. The van der Waals surface area contributed by atoms with Crippen molar-refractivity contribution >= 4 is 17.4 Å². The van der Waals surface area contributed by atoms with Crippen LogP contribution in [0.15, 0.2) is 30.5 Å². The molecule has 1 aromatic heterocycles. The summed E-state index contributed by atoms with van der Waals surface area (Å²) < 4.78 is 13.9. The molecule has 2 unspecified atom stereocenters. The molecule has 2 heterocycles. The Morgan fingerprint density at radius 3 is 2.81 bits per heavy atom. The van der Waals surface area contributed by atoms with Gasteiger partial charge >= 0.3 is 0 Å². The van der Waals surface area contributed by atoms with Crippen molar-refractivity contribution in [1.82, 2.24) is 9.88 Å². The standard InChI is InChI=1S/C22H24ClFN2O/c1-13(27)20-11-15(7-8-26(20)2)21-19-6-5-17(23)9-14(19)3-4-16-10-18(24)12-25-22(16)21/h5-6,9-10,12,15,20-21H,3-4,7-8,11H2,1-2H3/t15?,20-,21?/m1/s1. The van der Waals surface area contributed by atoms with Crippen molar-refractivity contribution in [2.45, 2.75) is 44.6 Å². The fourth-order valence-electron chi connectivity index (χ4n) is 4.85. The van der Waals surface area contributed by atoms with Gasteiger partial charge in [0.2, 0.25) is 0 Å². The summed E-state index contributed by atoms with van der Waals surface area (Å²) in [6.07, 6.45) is 4.70. The highest BCUT2D eigenvalue weighted by Gasteiger charge is 2.38. The van der Waals surface area contributed by atoms with Crippen LogP contribution in [-0.4, -0.2) is 35.3 Å². The van der Waals surface area contributed by atoms with E-state index in [0.29, 0.717) is 5.92 Å². The third-order valence-electron chi connectivity index (χ3n) is 6.22. The largest absolute Gasteiger partial charge is 0.298 e. The Morgan fingerprint density at radius 1 is 1.26 bits per heavy atom. The number of fused-ring (bicyclic) bond motifs is 2. The van der Waals surface area contributed by atoms with E-state index in [2.05, 4.69) is 16.0 Å². The first-order chi connectivity index (χ1) is 12.9. The van der Waals surface area contributed by atoms with Crippen LogP contribution in [0.3, 0.4) is 0 Å². The highest BCUT2D eigenvalue weighted by Crippen LogP contribution is 2.43. The summed E-state index contributed by atoms with van der Waals surface area (Å²) >= 11 is 6.26. The number of pyridine rings is 1. The second-order valence-electron chi connectivity index (χ2n) is 7.91. The molecule has 1 aliphatic carbocycles. The summed E-state index contributed by atoms with van der Waals surface area (Å²) in [6, 6.07) is 7.62. The van der Waals surface area contributed by atoms with Gasteiger partial charge in [-0.15, -0.1) is 0 Å². The first-order valence-corrected chi connectivity index (χ1v) is 9.95. The Balaban J connectivity index is 1.82. The van der Waals surface area contributed by atoms with Gasteiger partial charge in [-0.1, -0.05) is 17.7 Å². The summed E-state index contributed by atoms with van der Waals surface area (Å²) in [5, 5.41) is 0.725. The van der Waals surface area contributed by atoms with Crippen LogP contribution in [0.2, 0.25) is 5.02 Å². The number of nitrogens with zero attached hydrogens (tertiary/aromatic N) is 2. The van der Waals surface area contributed by atoms with Crippen molar-refractivity contribution < 1.29 is 9.18 Å². The van der Waals surface area contributed by atoms with E-state index in [9.17, 15) is 9.18 Å². The molecular formula is C22H24ClFN2O. The van der Waals surface area contributed by atoms with Gasteiger partial charge in [-0.2, -0.15) is 0 Å². The Morgan fingerprint density at radius 2 is 2.04 bits per heavy atom. The average Bonchev–Trinajstić information content (AvgIpc) is 2.78. The lowest BCUT2D eigenvalue weighted by molar-refractivity contribution is -0.123. The number of ketones is 1. The molecule has 1 aromatic carbocycles. The molecular weight excluding hydrogens is 363 g/mol. The monoisotopic (exact) mass is 386 g/mol. The summed E-state index contributed by atoms with van der Waals surface area (Å²) in [5.74, 6) is 0.289. The molecule has 1 saturated heterocycles. The van der Waals surface area contributed by atoms with Crippen molar-refractivity contribution in [2.24, 2.45) is 5.92 Å². The number of rotatable bonds is 2. The zero-order chi connectivity index (χ0) is 19.1. The van der Waals surface area contributed by atoms with E-state index in [-0.39, 0.29) is 23.6 Å². The van der Waals surface area contributed by atoms with Crippen LogP contribution in [0.4, 0.5) is 4.39 Å². The molecule has 5 heteroatoms. The van der Waals surface area contributed by atoms with E-state index in [1.54, 1.807) is 13.0 Å². The van der Waals surface area contributed by atoms with Crippen molar-refractivity contribution in [3.8, 4) is 0 Å². The normalized spacial score (nSPS) is 25.4. The molecule has 1 aliphatic heterocycles. The van der Waals surface area contributed by atoms with Gasteiger partial charge in [0.1, 0.15) is 11.6 Å². The topological polar surface area (TPSA) is 33.2 Å². The summed E-state index contributed by atoms with van der Waals surface area (Å²) in [6.45, 7) is 2.55. The minimum absolute atomic E-state index is 0.0633. The van der Waals surface area contributed by atoms with Gasteiger partial charge in [0.15, 0.2) is 0 Å². The van der Waals surface area contributed by atoms with Gasteiger partial charge in [-0.3, -0.25) is 14.7 Å². The predicted molar refractivity (Wildman–Crippen MR) is 105 cm³/mol. The second kappa shape index (κ2) is 7.33. The van der Waals surface area contributed by atoms with Crippen molar-refractivity contribution in [3.05, 3.63) is 63.7 Å². The van der Waals surface area contributed by atoms with Gasteiger partial charge in [-0.05, 0) is 87.0 Å². The lowest BCUT2D eigenvalue weighted by atomic mass is 9.74. The van der Waals surface area contributed by atoms with Crippen LogP contribution in [0.25, 0.3) is 0 Å². The highest BCUT2D eigenvalue weighted by molar-refractivity contribution is 6.30. The van der Waals surface area contributed by atoms with E-state index in [1.807, 2.05) is 19.2 Å². The van der Waals surface area contributed by atoms with Gasteiger partial charge in [0.05, 0.1) is 17.9 Å². The molecule has 0 saturated carbocycles. The number of hydrogen-bond donors (Lipinski definition) is 0. The zero-order valence-corrected chi connectivity index (χ0v) is 16.5. The number of piperidine rings is 1. The molecule has 2 aromatic rings. The van der Waals surface area contributed by atoms with Crippen LogP contribution < -0.4 is 0 Å². The van der Waals surface area contributed by atoms with Crippen LogP contribution in [0, 0.1) is 11.7 Å². The average molecular weight is 387 g/mol. The van der Waals surface area contributed by atoms with Crippen LogP contribution in [0.1, 0.15) is 48.1 Å². The smallest absolute Gasteiger partial charge is 0.146 e. The number of likely N-dealkylation sites (N-methyl/N-ethyl adjacent to an activating group) is 1. The molecule has 0 radical (unpaired) electrons. The summed E-state index contributed by atoms with van der Waals surface area (Å²) in [5.41, 5.74) is 4.39. The van der Waals surface area contributed by atoms with Crippen LogP contribution >= 0.6 is 11.6 Å². The van der Waals surface area contributed by atoms with Gasteiger partial charge in [0.25, 0.3) is 0 Å². The molecule has 0 N–H and O–H groups in total. The maximum atomic E-state index is 13.9. The molecule has 0 amide bonds. The fourth-order valence-corrected chi connectivity index (χ4v) is 5.04. The molecule has 142 valence electrons. The number of benzene rings is 1. The molecule has 0 bridgehead atoms. The molecule has 27 heavy (non-hydrogen) atoms. The predicted octanol–water partition coefficient (Wildman–Crippen LogP) is 4.40.